The van der Waals surface area contributed by atoms with Gasteiger partial charge in [-0.25, -0.2) is 4.98 Å². The summed E-state index contributed by atoms with van der Waals surface area (Å²) in [6, 6.07) is 0. The lowest BCUT2D eigenvalue weighted by atomic mass is 9.95. The summed E-state index contributed by atoms with van der Waals surface area (Å²) in [6.45, 7) is 5.82. The van der Waals surface area contributed by atoms with Gasteiger partial charge in [0.15, 0.2) is 11.7 Å². The zero-order valence-electron chi connectivity index (χ0n) is 8.75. The fourth-order valence-corrected chi connectivity index (χ4v) is 1.25. The summed E-state index contributed by atoms with van der Waals surface area (Å²) in [5, 5.41) is 14.6. The van der Waals surface area contributed by atoms with Crippen molar-refractivity contribution in [1.29, 1.82) is 5.41 Å². The number of rotatable bonds is 0. The van der Waals surface area contributed by atoms with Gasteiger partial charge in [0.2, 0.25) is 0 Å². The van der Waals surface area contributed by atoms with E-state index in [1.54, 1.807) is 0 Å². The molecule has 0 radical (unpaired) electrons. The van der Waals surface area contributed by atoms with Crippen LogP contribution in [0.15, 0.2) is 15.0 Å². The molecule has 0 spiro atoms. The van der Waals surface area contributed by atoms with Gasteiger partial charge in [-0.15, -0.1) is 10.2 Å². The van der Waals surface area contributed by atoms with Crippen LogP contribution in [-0.2, 0) is 5.41 Å². The number of nitrogens with one attached hydrogen (secondary N) is 2. The monoisotopic (exact) mass is 205 g/mol. The van der Waals surface area contributed by atoms with Crippen LogP contribution < -0.4 is 5.56 Å². The van der Waals surface area contributed by atoms with Crippen LogP contribution in [0.1, 0.15) is 32.2 Å². The first-order chi connectivity index (χ1) is 6.89. The van der Waals surface area contributed by atoms with Crippen LogP contribution in [0.25, 0.3) is 0 Å². The number of aromatic amines is 1. The standard InChI is InChI=1S/C9H11N5O/c1-9(2,3)8-11-6-4(7(15)12-8)5(10)13-14-6/h10H,1-3H3,(H,11,12,15). The fraction of sp³-hybridized carbons (Fsp3) is 0.444. The van der Waals surface area contributed by atoms with Gasteiger partial charge in [0.25, 0.3) is 5.56 Å². The van der Waals surface area contributed by atoms with E-state index in [1.807, 2.05) is 20.8 Å². The zero-order chi connectivity index (χ0) is 11.2. The van der Waals surface area contributed by atoms with E-state index >= 15 is 0 Å². The van der Waals surface area contributed by atoms with E-state index in [9.17, 15) is 4.79 Å². The number of azo groups is 1. The number of fused-ring (bicyclic) bond motifs is 1. The van der Waals surface area contributed by atoms with Crippen LogP contribution in [0, 0.1) is 5.41 Å². The Balaban J connectivity index is 2.69. The molecule has 0 fully saturated rings. The molecule has 78 valence electrons. The summed E-state index contributed by atoms with van der Waals surface area (Å²) in [6.07, 6.45) is 0. The predicted octanol–water partition coefficient (Wildman–Crippen LogP) is 1.49. The summed E-state index contributed by atoms with van der Waals surface area (Å²) in [4.78, 5) is 18.5. The van der Waals surface area contributed by atoms with Crippen molar-refractivity contribution in [2.24, 2.45) is 10.2 Å². The van der Waals surface area contributed by atoms with Crippen LogP contribution in [-0.4, -0.2) is 15.8 Å². The van der Waals surface area contributed by atoms with Gasteiger partial charge < -0.3 is 4.98 Å². The van der Waals surface area contributed by atoms with Gasteiger partial charge in [0.1, 0.15) is 11.4 Å². The highest BCUT2D eigenvalue weighted by atomic mass is 16.1. The third kappa shape index (κ3) is 1.47. The van der Waals surface area contributed by atoms with Crippen LogP contribution in [0.3, 0.4) is 0 Å². The molecule has 2 rings (SSSR count). The molecule has 1 aromatic heterocycles. The van der Waals surface area contributed by atoms with Crippen LogP contribution in [0.5, 0.6) is 0 Å². The second kappa shape index (κ2) is 2.82. The zero-order valence-corrected chi connectivity index (χ0v) is 8.75. The number of nitrogens with zero attached hydrogens (tertiary/aromatic N) is 3. The minimum absolute atomic E-state index is 0.126. The largest absolute Gasteiger partial charge is 0.309 e. The summed E-state index contributed by atoms with van der Waals surface area (Å²) in [5.41, 5.74) is -0.447. The SMILES string of the molecule is CC(C)(C)c1nc2c(c(=O)[nH]1)C(=N)N=N2. The van der Waals surface area contributed by atoms with Gasteiger partial charge in [-0.05, 0) is 0 Å². The Kier molecular flexibility index (Phi) is 1.82. The molecule has 0 saturated heterocycles. The van der Waals surface area contributed by atoms with Gasteiger partial charge in [0, 0.05) is 5.41 Å². The number of amidine groups is 1. The molecule has 1 aliphatic rings. The van der Waals surface area contributed by atoms with Gasteiger partial charge in [-0.1, -0.05) is 20.8 Å². The fourth-order valence-electron chi connectivity index (χ4n) is 1.25. The molecule has 0 aliphatic carbocycles. The maximum Gasteiger partial charge on any atom is 0.264 e. The van der Waals surface area contributed by atoms with Gasteiger partial charge in [0.05, 0.1) is 0 Å². The second-order valence-corrected chi connectivity index (χ2v) is 4.41. The van der Waals surface area contributed by atoms with E-state index < -0.39 is 0 Å². The van der Waals surface area contributed by atoms with Crippen molar-refractivity contribution in [3.8, 4) is 0 Å². The molecular weight excluding hydrogens is 194 g/mol. The van der Waals surface area contributed by atoms with Crippen LogP contribution in [0.2, 0.25) is 0 Å². The topological polar surface area (TPSA) is 94.3 Å². The lowest BCUT2D eigenvalue weighted by Gasteiger charge is -2.16. The molecule has 6 nitrogen and oxygen atoms in total. The van der Waals surface area contributed by atoms with Gasteiger partial charge in [-0.3, -0.25) is 10.2 Å². The van der Waals surface area contributed by atoms with E-state index in [4.69, 9.17) is 5.41 Å². The number of aromatic nitrogens is 2. The lowest BCUT2D eigenvalue weighted by molar-refractivity contribution is 0.543. The Morgan fingerprint density at radius 2 is 1.93 bits per heavy atom. The maximum absolute atomic E-state index is 11.6. The molecule has 2 N–H and O–H groups in total. The molecule has 1 aliphatic heterocycles. The van der Waals surface area contributed by atoms with Crippen molar-refractivity contribution in [3.05, 3.63) is 21.7 Å². The Labute approximate surface area is 86.0 Å². The van der Waals surface area contributed by atoms with Crippen molar-refractivity contribution in [2.75, 3.05) is 0 Å². The lowest BCUT2D eigenvalue weighted by Crippen LogP contribution is -2.24. The maximum atomic E-state index is 11.6. The van der Waals surface area contributed by atoms with E-state index in [0.717, 1.165) is 0 Å². The van der Waals surface area contributed by atoms with E-state index in [0.29, 0.717) is 5.82 Å². The molecule has 6 heteroatoms. The van der Waals surface area contributed by atoms with E-state index in [-0.39, 0.29) is 28.2 Å². The average Bonchev–Trinajstić information content (AvgIpc) is 2.46. The Morgan fingerprint density at radius 1 is 1.27 bits per heavy atom. The average molecular weight is 205 g/mol. The molecule has 0 aromatic carbocycles. The van der Waals surface area contributed by atoms with Crippen LogP contribution >= 0.6 is 0 Å². The quantitative estimate of drug-likeness (QED) is 0.671. The Hall–Kier alpha value is -1.85. The number of hydrogen-bond acceptors (Lipinski definition) is 4. The van der Waals surface area contributed by atoms with Crippen LogP contribution in [0.4, 0.5) is 5.82 Å². The van der Waals surface area contributed by atoms with E-state index in [1.165, 1.54) is 0 Å². The normalized spacial score (nSPS) is 14.5. The predicted molar refractivity (Wildman–Crippen MR) is 54.9 cm³/mol. The smallest absolute Gasteiger partial charge is 0.264 e. The number of H-pyrrole nitrogens is 1. The van der Waals surface area contributed by atoms with Crippen molar-refractivity contribution >= 4 is 11.7 Å². The summed E-state index contributed by atoms with van der Waals surface area (Å²) >= 11 is 0. The molecule has 0 saturated carbocycles. The number of hydrogen-bond donors (Lipinski definition) is 2. The molecule has 0 bridgehead atoms. The van der Waals surface area contributed by atoms with Gasteiger partial charge >= 0.3 is 0 Å². The molecule has 0 atom stereocenters. The summed E-state index contributed by atoms with van der Waals surface area (Å²) < 4.78 is 0. The van der Waals surface area contributed by atoms with E-state index in [2.05, 4.69) is 20.2 Å². The first-order valence-corrected chi connectivity index (χ1v) is 4.55. The molecule has 15 heavy (non-hydrogen) atoms. The Morgan fingerprint density at radius 3 is 2.53 bits per heavy atom. The molecule has 0 amide bonds. The van der Waals surface area contributed by atoms with Gasteiger partial charge in [-0.2, -0.15) is 0 Å². The summed E-state index contributed by atoms with van der Waals surface area (Å²) in [5.74, 6) is 0.674. The van der Waals surface area contributed by atoms with Crippen molar-refractivity contribution in [1.82, 2.24) is 9.97 Å². The third-order valence-corrected chi connectivity index (χ3v) is 2.09. The molecule has 1 aromatic rings. The van der Waals surface area contributed by atoms with Crippen molar-refractivity contribution in [2.45, 2.75) is 26.2 Å². The minimum atomic E-state index is -0.347. The second-order valence-electron chi connectivity index (χ2n) is 4.41. The highest BCUT2D eigenvalue weighted by molar-refractivity contribution is 6.02. The highest BCUT2D eigenvalue weighted by Gasteiger charge is 2.25. The van der Waals surface area contributed by atoms with Crippen molar-refractivity contribution in [3.63, 3.8) is 0 Å². The molecular formula is C9H11N5O. The summed E-state index contributed by atoms with van der Waals surface area (Å²) in [7, 11) is 0. The molecule has 2 heterocycles. The molecule has 0 unspecified atom stereocenters. The first kappa shape index (κ1) is 9.70. The first-order valence-electron chi connectivity index (χ1n) is 4.55. The van der Waals surface area contributed by atoms with Crippen molar-refractivity contribution < 1.29 is 0 Å². The minimum Gasteiger partial charge on any atom is -0.309 e. The highest BCUT2D eigenvalue weighted by Crippen LogP contribution is 2.24. The Bertz CT molecular complexity index is 520. The third-order valence-electron chi connectivity index (χ3n) is 2.09.